The fourth-order valence-electron chi connectivity index (χ4n) is 2.03. The van der Waals surface area contributed by atoms with Crippen molar-refractivity contribution in [2.75, 3.05) is 12.0 Å². The molecule has 2 heterocycles. The minimum Gasteiger partial charge on any atom is -0.312 e. The van der Waals surface area contributed by atoms with Gasteiger partial charge in [0.2, 0.25) is 0 Å². The average molecular weight is 380 g/mol. The molecule has 0 radical (unpaired) electrons. The Hall–Kier alpha value is -2.13. The van der Waals surface area contributed by atoms with E-state index in [2.05, 4.69) is 15.0 Å². The predicted octanol–water partition coefficient (Wildman–Crippen LogP) is 3.01. The maximum atomic E-state index is 13.1. The lowest BCUT2D eigenvalue weighted by Crippen LogP contribution is -2.18. The fraction of sp³-hybridized carbons (Fsp3) is 0.312. The number of aliphatic imine (C=N–C) groups is 1. The number of hydrogen-bond donors (Lipinski definition) is 1. The van der Waals surface area contributed by atoms with Gasteiger partial charge in [-0.1, -0.05) is 6.92 Å². The lowest BCUT2D eigenvalue weighted by molar-refractivity contribution is 0.0941. The first-order valence-electron chi connectivity index (χ1n) is 7.35. The van der Waals surface area contributed by atoms with Crippen LogP contribution in [0, 0.1) is 17.1 Å². The molecule has 0 amide bonds. The van der Waals surface area contributed by atoms with Gasteiger partial charge < -0.3 is 5.41 Å². The second-order valence-corrected chi connectivity index (χ2v) is 7.75. The number of ketones is 1. The van der Waals surface area contributed by atoms with E-state index in [0.29, 0.717) is 16.4 Å². The molecule has 3 unspecified atom stereocenters. The minimum absolute atomic E-state index is 0.165. The number of hydrogen-bond acceptors (Lipinski definition) is 7. The molecule has 9 heteroatoms. The number of nitrogens with one attached hydrogen (secondary N) is 1. The Labute approximate surface area is 151 Å². The van der Waals surface area contributed by atoms with Gasteiger partial charge >= 0.3 is 0 Å². The lowest BCUT2D eigenvalue weighted by Gasteiger charge is -2.05. The normalized spacial score (nSPS) is 15.0. The molecule has 0 fully saturated rings. The van der Waals surface area contributed by atoms with Gasteiger partial charge in [0.15, 0.2) is 10.8 Å². The van der Waals surface area contributed by atoms with Crippen LogP contribution in [0.4, 0.5) is 10.1 Å². The van der Waals surface area contributed by atoms with Gasteiger partial charge in [0.05, 0.1) is 29.7 Å². The van der Waals surface area contributed by atoms with Crippen LogP contribution in [-0.2, 0) is 10.8 Å². The van der Waals surface area contributed by atoms with Crippen LogP contribution >= 0.6 is 11.3 Å². The Kier molecular flexibility index (Phi) is 6.77. The maximum absolute atomic E-state index is 13.1. The summed E-state index contributed by atoms with van der Waals surface area (Å²) in [4.78, 5) is 24.4. The third-order valence-electron chi connectivity index (χ3n) is 3.26. The van der Waals surface area contributed by atoms with Crippen LogP contribution in [0.15, 0.2) is 28.8 Å². The summed E-state index contributed by atoms with van der Waals surface area (Å²) in [7, 11) is -1.06. The summed E-state index contributed by atoms with van der Waals surface area (Å²) in [6.45, 7) is 1.72. The number of halogens is 1. The molecule has 3 atom stereocenters. The maximum Gasteiger partial charge on any atom is 0.195 e. The van der Waals surface area contributed by atoms with Crippen molar-refractivity contribution in [2.45, 2.75) is 12.8 Å². The molecule has 25 heavy (non-hydrogen) atoms. The van der Waals surface area contributed by atoms with Gasteiger partial charge in [0.25, 0.3) is 0 Å². The summed E-state index contributed by atoms with van der Waals surface area (Å²) in [6.07, 6.45) is 6.64. The van der Waals surface area contributed by atoms with E-state index < -0.39 is 22.5 Å². The number of carbonyl (C=O) groups is 1. The minimum atomic E-state index is -1.06. The second-order valence-electron chi connectivity index (χ2n) is 5.41. The highest BCUT2D eigenvalue weighted by atomic mass is 32.2. The second kappa shape index (κ2) is 8.82. The highest BCUT2D eigenvalue weighted by molar-refractivity contribution is 7.84. The Balaban J connectivity index is 2.14. The molecule has 2 aromatic heterocycles. The third kappa shape index (κ3) is 5.43. The van der Waals surface area contributed by atoms with Gasteiger partial charge in [-0.2, -0.15) is 0 Å². The van der Waals surface area contributed by atoms with Gasteiger partial charge in [-0.15, -0.1) is 11.3 Å². The largest absolute Gasteiger partial charge is 0.312 e. The van der Waals surface area contributed by atoms with Crippen LogP contribution in [-0.4, -0.2) is 44.4 Å². The van der Waals surface area contributed by atoms with E-state index in [1.807, 2.05) is 0 Å². The molecule has 0 aliphatic rings. The number of nitrogens with zero attached hydrogens (tertiary/aromatic N) is 3. The molecular weight excluding hydrogens is 363 g/mol. The SMILES string of the molecule is CC(CS(C)=O)C(=O)c1nc(C(C=N)C=Nc2cncc(F)c2)cs1. The summed E-state index contributed by atoms with van der Waals surface area (Å²) >= 11 is 1.18. The molecule has 6 nitrogen and oxygen atoms in total. The number of thiazole rings is 1. The fourth-order valence-corrected chi connectivity index (χ4v) is 3.81. The average Bonchev–Trinajstić information content (AvgIpc) is 3.04. The molecule has 2 rings (SSSR count). The van der Waals surface area contributed by atoms with Crippen molar-refractivity contribution in [1.29, 1.82) is 5.41 Å². The van der Waals surface area contributed by atoms with E-state index in [-0.39, 0.29) is 17.5 Å². The number of pyridine rings is 1. The summed E-state index contributed by atoms with van der Waals surface area (Å²) in [6, 6.07) is 1.23. The van der Waals surface area contributed by atoms with Gasteiger partial charge in [0, 0.05) is 52.6 Å². The molecule has 0 aromatic carbocycles. The molecule has 0 saturated carbocycles. The van der Waals surface area contributed by atoms with Gasteiger partial charge in [-0.3, -0.25) is 19.0 Å². The zero-order chi connectivity index (χ0) is 18.4. The summed E-state index contributed by atoms with van der Waals surface area (Å²) in [5.74, 6) is -1.28. The van der Waals surface area contributed by atoms with E-state index in [1.54, 1.807) is 18.6 Å². The first-order valence-corrected chi connectivity index (χ1v) is 9.96. The Morgan fingerprint density at radius 3 is 2.92 bits per heavy atom. The molecule has 0 saturated heterocycles. The van der Waals surface area contributed by atoms with Crippen LogP contribution in [0.3, 0.4) is 0 Å². The van der Waals surface area contributed by atoms with Crippen molar-refractivity contribution >= 4 is 46.0 Å². The topological polar surface area (TPSA) is 96.1 Å². The number of aromatic nitrogens is 2. The van der Waals surface area contributed by atoms with Crippen LogP contribution in [0.1, 0.15) is 28.3 Å². The summed E-state index contributed by atoms with van der Waals surface area (Å²) in [5.41, 5.74) is 0.846. The Bertz CT molecular complexity index is 822. The van der Waals surface area contributed by atoms with E-state index >= 15 is 0 Å². The van der Waals surface area contributed by atoms with E-state index in [1.165, 1.54) is 29.8 Å². The van der Waals surface area contributed by atoms with Crippen LogP contribution < -0.4 is 0 Å². The zero-order valence-corrected chi connectivity index (χ0v) is 15.3. The van der Waals surface area contributed by atoms with Crippen molar-refractivity contribution in [1.82, 2.24) is 9.97 Å². The smallest absolute Gasteiger partial charge is 0.195 e. The molecule has 0 bridgehead atoms. The first-order chi connectivity index (χ1) is 11.9. The van der Waals surface area contributed by atoms with E-state index in [4.69, 9.17) is 5.41 Å². The summed E-state index contributed by atoms with van der Waals surface area (Å²) < 4.78 is 24.4. The monoisotopic (exact) mass is 380 g/mol. The number of carbonyl (C=O) groups excluding carboxylic acids is 1. The molecule has 0 aliphatic heterocycles. The molecule has 132 valence electrons. The highest BCUT2D eigenvalue weighted by Crippen LogP contribution is 2.20. The Morgan fingerprint density at radius 1 is 1.52 bits per heavy atom. The van der Waals surface area contributed by atoms with Crippen molar-refractivity contribution in [3.63, 3.8) is 0 Å². The zero-order valence-electron chi connectivity index (χ0n) is 13.7. The van der Waals surface area contributed by atoms with Crippen molar-refractivity contribution in [2.24, 2.45) is 10.9 Å². The van der Waals surface area contributed by atoms with Gasteiger partial charge in [-0.25, -0.2) is 9.37 Å². The van der Waals surface area contributed by atoms with Crippen LogP contribution in [0.25, 0.3) is 0 Å². The van der Waals surface area contributed by atoms with E-state index in [0.717, 1.165) is 12.4 Å². The van der Waals surface area contributed by atoms with Gasteiger partial charge in [0.1, 0.15) is 5.82 Å². The molecule has 0 aliphatic carbocycles. The third-order valence-corrected chi connectivity index (χ3v) is 5.11. The first kappa shape index (κ1) is 19.2. The number of rotatable bonds is 8. The highest BCUT2D eigenvalue weighted by Gasteiger charge is 2.21. The molecule has 0 spiro atoms. The molecular formula is C16H17FN4O2S2. The van der Waals surface area contributed by atoms with Crippen LogP contribution in [0.5, 0.6) is 0 Å². The molecule has 2 aromatic rings. The molecule has 1 N–H and O–H groups in total. The van der Waals surface area contributed by atoms with Crippen molar-refractivity contribution < 1.29 is 13.4 Å². The van der Waals surface area contributed by atoms with Crippen molar-refractivity contribution in [3.8, 4) is 0 Å². The standard InChI is InChI=1S/C16H17FN4O2S2/c1-10(9-25(2)23)15(22)16-21-14(8-24-16)11(4-18)5-20-13-3-12(17)6-19-7-13/h3-8,10-11,18H,9H2,1-2H3. The van der Waals surface area contributed by atoms with Gasteiger partial charge in [-0.05, 0) is 0 Å². The van der Waals surface area contributed by atoms with Crippen LogP contribution in [0.2, 0.25) is 0 Å². The van der Waals surface area contributed by atoms with Crippen molar-refractivity contribution in [3.05, 3.63) is 40.4 Å². The van der Waals surface area contributed by atoms with E-state index in [9.17, 15) is 13.4 Å². The Morgan fingerprint density at radius 2 is 2.28 bits per heavy atom. The summed E-state index contributed by atoms with van der Waals surface area (Å²) in [5, 5.41) is 9.54. The number of Topliss-reactive ketones (excluding diaryl/α,β-unsaturated/α-hetero) is 1. The lowest BCUT2D eigenvalue weighted by atomic mass is 10.1. The predicted molar refractivity (Wildman–Crippen MR) is 98.4 cm³/mol. The quantitative estimate of drug-likeness (QED) is 0.562.